The van der Waals surface area contributed by atoms with Gasteiger partial charge in [0, 0.05) is 6.04 Å². The van der Waals surface area contributed by atoms with Crippen molar-refractivity contribution in [1.82, 2.24) is 9.97 Å². The van der Waals surface area contributed by atoms with Crippen LogP contribution in [0, 0.1) is 5.92 Å². The average molecular weight is 205 g/mol. The number of fused-ring (bicyclic) bond motifs is 1. The van der Waals surface area contributed by atoms with Crippen LogP contribution in [0.3, 0.4) is 0 Å². The van der Waals surface area contributed by atoms with Gasteiger partial charge in [0.2, 0.25) is 5.95 Å². The molecule has 4 heteroatoms. The van der Waals surface area contributed by atoms with Gasteiger partial charge in [-0.3, -0.25) is 0 Å². The predicted molar refractivity (Wildman–Crippen MR) is 58.6 cm³/mol. The number of rotatable bonds is 2. The molecule has 0 aliphatic heterocycles. The maximum Gasteiger partial charge on any atom is 0.223 e. The van der Waals surface area contributed by atoms with E-state index in [1.165, 1.54) is 6.42 Å². The topological polar surface area (TPSA) is 37.8 Å². The molecule has 2 unspecified atom stereocenters. The second-order valence-corrected chi connectivity index (χ2v) is 4.78. The van der Waals surface area contributed by atoms with Crippen LogP contribution in [0.5, 0.6) is 0 Å². The molecule has 2 aromatic rings. The molecule has 1 aliphatic carbocycles. The van der Waals surface area contributed by atoms with Gasteiger partial charge < -0.3 is 5.32 Å². The molecule has 0 spiro atoms. The molecule has 3 nitrogen and oxygen atoms in total. The van der Waals surface area contributed by atoms with E-state index in [4.69, 9.17) is 0 Å². The third kappa shape index (κ3) is 1.35. The summed E-state index contributed by atoms with van der Waals surface area (Å²) in [6.45, 7) is 2.24. The van der Waals surface area contributed by atoms with Gasteiger partial charge in [0.15, 0.2) is 0 Å². The summed E-state index contributed by atoms with van der Waals surface area (Å²) < 4.78 is 1.15. The van der Waals surface area contributed by atoms with Crippen molar-refractivity contribution < 1.29 is 0 Å². The van der Waals surface area contributed by atoms with Gasteiger partial charge in [-0.2, -0.15) is 0 Å². The van der Waals surface area contributed by atoms with Crippen molar-refractivity contribution in [2.45, 2.75) is 19.4 Å². The number of hydrogen-bond donors (Lipinski definition) is 1. The Labute approximate surface area is 86.2 Å². The molecule has 1 N–H and O–H groups in total. The highest BCUT2D eigenvalue weighted by molar-refractivity contribution is 7.17. The Kier molecular flexibility index (Phi) is 1.70. The predicted octanol–water partition coefficient (Wildman–Crippen LogP) is 2.51. The number of hydrogen-bond acceptors (Lipinski definition) is 4. The van der Waals surface area contributed by atoms with Crippen LogP contribution in [0.4, 0.5) is 5.95 Å². The Morgan fingerprint density at radius 1 is 1.57 bits per heavy atom. The summed E-state index contributed by atoms with van der Waals surface area (Å²) in [4.78, 5) is 8.72. The zero-order valence-electron chi connectivity index (χ0n) is 7.90. The Morgan fingerprint density at radius 3 is 3.21 bits per heavy atom. The fraction of sp³-hybridized carbons (Fsp3) is 0.400. The molecule has 1 saturated carbocycles. The Bertz CT molecular complexity index is 465. The molecular weight excluding hydrogens is 194 g/mol. The quantitative estimate of drug-likeness (QED) is 0.818. The van der Waals surface area contributed by atoms with Crippen LogP contribution < -0.4 is 5.32 Å². The van der Waals surface area contributed by atoms with Gasteiger partial charge >= 0.3 is 0 Å². The Balaban J connectivity index is 1.89. The molecule has 2 heterocycles. The van der Waals surface area contributed by atoms with Gasteiger partial charge in [-0.25, -0.2) is 9.97 Å². The maximum absolute atomic E-state index is 4.44. The molecule has 2 aromatic heterocycles. The zero-order chi connectivity index (χ0) is 9.54. The third-order valence-corrected chi connectivity index (χ3v) is 3.47. The number of nitrogens with one attached hydrogen (secondary N) is 1. The van der Waals surface area contributed by atoms with E-state index in [0.717, 1.165) is 22.1 Å². The van der Waals surface area contributed by atoms with Crippen molar-refractivity contribution in [1.29, 1.82) is 0 Å². The van der Waals surface area contributed by atoms with Crippen LogP contribution >= 0.6 is 11.3 Å². The van der Waals surface area contributed by atoms with Crippen molar-refractivity contribution in [3.05, 3.63) is 17.6 Å². The van der Waals surface area contributed by atoms with E-state index >= 15 is 0 Å². The van der Waals surface area contributed by atoms with Crippen LogP contribution in [0.25, 0.3) is 10.2 Å². The number of thiophene rings is 1. The van der Waals surface area contributed by atoms with Gasteiger partial charge in [-0.1, -0.05) is 6.92 Å². The van der Waals surface area contributed by atoms with E-state index in [0.29, 0.717) is 6.04 Å². The standard InChI is InChI=1S/C10H11N3S/c1-6-4-8(6)13-10-11-5-9-7(12-10)2-3-14-9/h2-3,5-6,8H,4H2,1H3,(H,11,12,13). The number of aromatic nitrogens is 2. The molecule has 3 rings (SSSR count). The Morgan fingerprint density at radius 2 is 2.43 bits per heavy atom. The lowest BCUT2D eigenvalue weighted by atomic mass is 10.4. The van der Waals surface area contributed by atoms with Crippen LogP contribution in [-0.2, 0) is 0 Å². The van der Waals surface area contributed by atoms with Crippen molar-refractivity contribution >= 4 is 27.5 Å². The first-order chi connectivity index (χ1) is 6.83. The molecule has 72 valence electrons. The van der Waals surface area contributed by atoms with Crippen LogP contribution in [-0.4, -0.2) is 16.0 Å². The summed E-state index contributed by atoms with van der Waals surface area (Å²) in [5.74, 6) is 1.54. The third-order valence-electron chi connectivity index (χ3n) is 2.63. The molecule has 0 amide bonds. The monoisotopic (exact) mass is 205 g/mol. The van der Waals surface area contributed by atoms with Gasteiger partial charge in [0.25, 0.3) is 0 Å². The first-order valence-corrected chi connectivity index (χ1v) is 5.68. The smallest absolute Gasteiger partial charge is 0.223 e. The summed E-state index contributed by atoms with van der Waals surface area (Å²) in [7, 11) is 0. The van der Waals surface area contributed by atoms with Crippen molar-refractivity contribution in [2.75, 3.05) is 5.32 Å². The van der Waals surface area contributed by atoms with Crippen LogP contribution in [0.1, 0.15) is 13.3 Å². The molecule has 14 heavy (non-hydrogen) atoms. The molecule has 0 aromatic carbocycles. The number of nitrogens with zero attached hydrogens (tertiary/aromatic N) is 2. The summed E-state index contributed by atoms with van der Waals surface area (Å²) in [6.07, 6.45) is 3.13. The lowest BCUT2D eigenvalue weighted by Crippen LogP contribution is -2.06. The van der Waals surface area contributed by atoms with Crippen LogP contribution in [0.15, 0.2) is 17.6 Å². The normalized spacial score (nSPS) is 25.2. The van der Waals surface area contributed by atoms with E-state index < -0.39 is 0 Å². The lowest BCUT2D eigenvalue weighted by Gasteiger charge is -2.01. The fourth-order valence-corrected chi connectivity index (χ4v) is 2.22. The van der Waals surface area contributed by atoms with E-state index in [1.54, 1.807) is 11.3 Å². The molecular formula is C10H11N3S. The molecule has 2 atom stereocenters. The minimum absolute atomic E-state index is 0.589. The van der Waals surface area contributed by atoms with Crippen LogP contribution in [0.2, 0.25) is 0 Å². The minimum atomic E-state index is 0.589. The van der Waals surface area contributed by atoms with Gasteiger partial charge in [-0.15, -0.1) is 11.3 Å². The summed E-state index contributed by atoms with van der Waals surface area (Å²) in [5.41, 5.74) is 1.04. The molecule has 0 bridgehead atoms. The minimum Gasteiger partial charge on any atom is -0.351 e. The first kappa shape index (κ1) is 8.17. The second-order valence-electron chi connectivity index (χ2n) is 3.83. The van der Waals surface area contributed by atoms with E-state index in [2.05, 4.69) is 22.2 Å². The lowest BCUT2D eigenvalue weighted by molar-refractivity contribution is 0.917. The van der Waals surface area contributed by atoms with E-state index in [-0.39, 0.29) is 0 Å². The van der Waals surface area contributed by atoms with Crippen molar-refractivity contribution in [2.24, 2.45) is 5.92 Å². The first-order valence-electron chi connectivity index (χ1n) is 4.80. The molecule has 0 saturated heterocycles. The maximum atomic E-state index is 4.44. The van der Waals surface area contributed by atoms with Gasteiger partial charge in [0.05, 0.1) is 16.4 Å². The summed E-state index contributed by atoms with van der Waals surface area (Å²) >= 11 is 1.68. The fourth-order valence-electron chi connectivity index (χ4n) is 1.52. The molecule has 1 fully saturated rings. The number of anilines is 1. The van der Waals surface area contributed by atoms with E-state index in [9.17, 15) is 0 Å². The van der Waals surface area contributed by atoms with E-state index in [1.807, 2.05) is 17.6 Å². The highest BCUT2D eigenvalue weighted by Gasteiger charge is 2.32. The Hall–Kier alpha value is -1.16. The molecule has 0 radical (unpaired) electrons. The second kappa shape index (κ2) is 2.92. The highest BCUT2D eigenvalue weighted by Crippen LogP contribution is 2.32. The molecule has 1 aliphatic rings. The van der Waals surface area contributed by atoms with Crippen molar-refractivity contribution in [3.8, 4) is 0 Å². The largest absolute Gasteiger partial charge is 0.351 e. The van der Waals surface area contributed by atoms with Crippen molar-refractivity contribution in [3.63, 3.8) is 0 Å². The highest BCUT2D eigenvalue weighted by atomic mass is 32.1. The zero-order valence-corrected chi connectivity index (χ0v) is 8.71. The van der Waals surface area contributed by atoms with Gasteiger partial charge in [0.1, 0.15) is 0 Å². The van der Waals surface area contributed by atoms with Gasteiger partial charge in [-0.05, 0) is 23.8 Å². The average Bonchev–Trinajstić information content (AvgIpc) is 2.70. The summed E-state index contributed by atoms with van der Waals surface area (Å²) in [5, 5.41) is 5.37. The summed E-state index contributed by atoms with van der Waals surface area (Å²) in [6, 6.07) is 2.62. The SMILES string of the molecule is CC1CC1Nc1ncc2sccc2n1.